The van der Waals surface area contributed by atoms with Crippen molar-refractivity contribution in [2.45, 2.75) is 49.5 Å². The molecule has 126 valence electrons. The van der Waals surface area contributed by atoms with E-state index in [4.69, 9.17) is 0 Å². The Balaban J connectivity index is 0.00000242. The Morgan fingerprint density at radius 3 is 2.45 bits per heavy atom. The van der Waals surface area contributed by atoms with Crippen LogP contribution in [0.1, 0.15) is 38.5 Å². The largest absolute Gasteiger partial charge is 0.314 e. The van der Waals surface area contributed by atoms with Crippen molar-refractivity contribution in [1.82, 2.24) is 10.0 Å². The molecule has 0 amide bonds. The molecular formula is C15H24ClFN2O2S. The second kappa shape index (κ2) is 9.45. The summed E-state index contributed by atoms with van der Waals surface area (Å²) in [6.07, 6.45) is 6.99. The maximum absolute atomic E-state index is 13.5. The summed E-state index contributed by atoms with van der Waals surface area (Å²) in [5, 5.41) is 3.45. The molecule has 7 heteroatoms. The van der Waals surface area contributed by atoms with Crippen molar-refractivity contribution in [2.24, 2.45) is 0 Å². The molecule has 0 saturated heterocycles. The van der Waals surface area contributed by atoms with Crippen LogP contribution in [0.4, 0.5) is 4.39 Å². The van der Waals surface area contributed by atoms with Crippen LogP contribution < -0.4 is 10.0 Å². The topological polar surface area (TPSA) is 58.2 Å². The van der Waals surface area contributed by atoms with Crippen molar-refractivity contribution >= 4 is 22.4 Å². The molecule has 0 radical (unpaired) electrons. The fourth-order valence-electron chi connectivity index (χ4n) is 2.65. The highest BCUT2D eigenvalue weighted by molar-refractivity contribution is 7.89. The van der Waals surface area contributed by atoms with Crippen LogP contribution in [0, 0.1) is 5.82 Å². The van der Waals surface area contributed by atoms with Gasteiger partial charge in [0.1, 0.15) is 10.7 Å². The number of benzene rings is 1. The van der Waals surface area contributed by atoms with Crippen molar-refractivity contribution < 1.29 is 12.8 Å². The molecule has 1 saturated carbocycles. The van der Waals surface area contributed by atoms with E-state index in [9.17, 15) is 12.8 Å². The summed E-state index contributed by atoms with van der Waals surface area (Å²) in [4.78, 5) is -0.287. The van der Waals surface area contributed by atoms with Crippen LogP contribution in [0.2, 0.25) is 0 Å². The summed E-state index contributed by atoms with van der Waals surface area (Å²) >= 11 is 0. The molecule has 1 fully saturated rings. The van der Waals surface area contributed by atoms with Gasteiger partial charge in [-0.1, -0.05) is 31.4 Å². The molecule has 1 aromatic carbocycles. The Kier molecular flexibility index (Phi) is 8.31. The summed E-state index contributed by atoms with van der Waals surface area (Å²) in [7, 11) is -3.75. The first-order valence-electron chi connectivity index (χ1n) is 7.57. The smallest absolute Gasteiger partial charge is 0.243 e. The number of sulfonamides is 1. The average molecular weight is 351 g/mol. The third-order valence-electron chi connectivity index (χ3n) is 3.81. The number of hydrogen-bond donors (Lipinski definition) is 2. The van der Waals surface area contributed by atoms with Gasteiger partial charge in [0.2, 0.25) is 10.0 Å². The Hall–Kier alpha value is -0.690. The maximum Gasteiger partial charge on any atom is 0.243 e. The van der Waals surface area contributed by atoms with Crippen LogP contribution in [-0.4, -0.2) is 27.5 Å². The number of halogens is 2. The van der Waals surface area contributed by atoms with Gasteiger partial charge < -0.3 is 5.32 Å². The van der Waals surface area contributed by atoms with Crippen LogP contribution in [0.3, 0.4) is 0 Å². The molecule has 0 aromatic heterocycles. The van der Waals surface area contributed by atoms with Gasteiger partial charge in [0.25, 0.3) is 0 Å². The molecule has 1 aromatic rings. The number of nitrogens with one attached hydrogen (secondary N) is 2. The lowest BCUT2D eigenvalue weighted by Crippen LogP contribution is -2.34. The van der Waals surface area contributed by atoms with E-state index in [1.165, 1.54) is 50.3 Å². The van der Waals surface area contributed by atoms with Gasteiger partial charge in [0.05, 0.1) is 0 Å². The van der Waals surface area contributed by atoms with Crippen LogP contribution in [0.15, 0.2) is 29.2 Å². The van der Waals surface area contributed by atoms with Crippen molar-refractivity contribution in [3.63, 3.8) is 0 Å². The number of hydrogen-bond acceptors (Lipinski definition) is 3. The Morgan fingerprint density at radius 2 is 1.77 bits per heavy atom. The van der Waals surface area contributed by atoms with E-state index in [-0.39, 0.29) is 17.3 Å². The third kappa shape index (κ3) is 5.83. The van der Waals surface area contributed by atoms with Gasteiger partial charge >= 0.3 is 0 Å². The quantitative estimate of drug-likeness (QED) is 0.743. The molecule has 0 atom stereocenters. The molecule has 2 rings (SSSR count). The molecule has 0 spiro atoms. The zero-order valence-corrected chi connectivity index (χ0v) is 14.2. The summed E-state index contributed by atoms with van der Waals surface area (Å²) < 4.78 is 39.8. The van der Waals surface area contributed by atoms with E-state index in [0.29, 0.717) is 19.0 Å². The number of rotatable bonds is 7. The van der Waals surface area contributed by atoms with Crippen molar-refractivity contribution in [3.8, 4) is 0 Å². The van der Waals surface area contributed by atoms with E-state index in [2.05, 4.69) is 10.0 Å². The minimum Gasteiger partial charge on any atom is -0.314 e. The molecule has 22 heavy (non-hydrogen) atoms. The lowest BCUT2D eigenvalue weighted by molar-refractivity contribution is 0.372. The van der Waals surface area contributed by atoms with Crippen LogP contribution in [0.25, 0.3) is 0 Å². The molecular weight excluding hydrogens is 327 g/mol. The molecule has 0 heterocycles. The zero-order valence-electron chi connectivity index (χ0n) is 12.6. The summed E-state index contributed by atoms with van der Waals surface area (Å²) in [5.41, 5.74) is 0. The van der Waals surface area contributed by atoms with Crippen LogP contribution in [-0.2, 0) is 10.0 Å². The fourth-order valence-corrected chi connectivity index (χ4v) is 3.80. The normalized spacial score (nSPS) is 16.2. The predicted molar refractivity (Wildman–Crippen MR) is 88.3 cm³/mol. The van der Waals surface area contributed by atoms with E-state index in [1.807, 2.05) is 0 Å². The SMILES string of the molecule is Cl.O=S(=O)(NCCCNC1CCCCC1)c1ccccc1F. The van der Waals surface area contributed by atoms with E-state index in [1.54, 1.807) is 0 Å². The Labute approximate surface area is 138 Å². The molecule has 0 unspecified atom stereocenters. The van der Waals surface area contributed by atoms with Gasteiger partial charge in [0.15, 0.2) is 0 Å². The molecule has 1 aliphatic rings. The van der Waals surface area contributed by atoms with Gasteiger partial charge in [-0.2, -0.15) is 0 Å². The third-order valence-corrected chi connectivity index (χ3v) is 5.30. The first kappa shape index (κ1) is 19.4. The highest BCUT2D eigenvalue weighted by Crippen LogP contribution is 2.17. The molecule has 1 aliphatic carbocycles. The van der Waals surface area contributed by atoms with E-state index >= 15 is 0 Å². The van der Waals surface area contributed by atoms with Gasteiger partial charge in [-0.15, -0.1) is 12.4 Å². The Bertz CT molecular complexity index is 548. The van der Waals surface area contributed by atoms with Gasteiger partial charge in [-0.3, -0.25) is 0 Å². The zero-order chi connectivity index (χ0) is 15.1. The van der Waals surface area contributed by atoms with Gasteiger partial charge in [-0.25, -0.2) is 17.5 Å². The van der Waals surface area contributed by atoms with Crippen molar-refractivity contribution in [3.05, 3.63) is 30.1 Å². The lowest BCUT2D eigenvalue weighted by atomic mass is 9.95. The monoisotopic (exact) mass is 350 g/mol. The van der Waals surface area contributed by atoms with E-state index in [0.717, 1.165) is 12.6 Å². The standard InChI is InChI=1S/C15H23FN2O2S.ClH/c16-14-9-4-5-10-15(14)21(19,20)18-12-6-11-17-13-7-2-1-3-8-13;/h4-5,9-10,13,17-18H,1-3,6-8,11-12H2;1H. The molecule has 0 bridgehead atoms. The first-order chi connectivity index (χ1) is 10.1. The average Bonchev–Trinajstić information content (AvgIpc) is 2.48. The molecule has 2 N–H and O–H groups in total. The second-order valence-electron chi connectivity index (χ2n) is 5.47. The summed E-state index contributed by atoms with van der Waals surface area (Å²) in [5.74, 6) is -0.717. The van der Waals surface area contributed by atoms with Crippen molar-refractivity contribution in [1.29, 1.82) is 0 Å². The van der Waals surface area contributed by atoms with Crippen LogP contribution in [0.5, 0.6) is 0 Å². The first-order valence-corrected chi connectivity index (χ1v) is 9.05. The summed E-state index contributed by atoms with van der Waals surface area (Å²) in [6, 6.07) is 5.99. The van der Waals surface area contributed by atoms with Gasteiger partial charge in [0, 0.05) is 12.6 Å². The highest BCUT2D eigenvalue weighted by atomic mass is 35.5. The fraction of sp³-hybridized carbons (Fsp3) is 0.600. The minimum atomic E-state index is -3.75. The van der Waals surface area contributed by atoms with Gasteiger partial charge in [-0.05, 0) is 37.9 Å². The second-order valence-corrected chi connectivity index (χ2v) is 7.21. The lowest BCUT2D eigenvalue weighted by Gasteiger charge is -2.22. The Morgan fingerprint density at radius 1 is 1.09 bits per heavy atom. The van der Waals surface area contributed by atoms with E-state index < -0.39 is 15.8 Å². The molecule has 4 nitrogen and oxygen atoms in total. The van der Waals surface area contributed by atoms with Crippen molar-refractivity contribution in [2.75, 3.05) is 13.1 Å². The minimum absolute atomic E-state index is 0. The van der Waals surface area contributed by atoms with Crippen LogP contribution >= 0.6 is 12.4 Å². The maximum atomic E-state index is 13.5. The summed E-state index contributed by atoms with van der Waals surface area (Å²) in [6.45, 7) is 1.10. The predicted octanol–water partition coefficient (Wildman–Crippen LogP) is 2.84. The highest BCUT2D eigenvalue weighted by Gasteiger charge is 2.17. The molecule has 0 aliphatic heterocycles.